The molecule has 1 amide bonds. The number of aromatic nitrogens is 1. The van der Waals surface area contributed by atoms with Gasteiger partial charge in [0.25, 0.3) is 0 Å². The number of hydrogen-bond donors (Lipinski definition) is 1. The fourth-order valence-electron chi connectivity index (χ4n) is 4.31. The van der Waals surface area contributed by atoms with E-state index in [1.54, 1.807) is 6.07 Å². The van der Waals surface area contributed by atoms with E-state index in [0.717, 1.165) is 32.1 Å². The first-order chi connectivity index (χ1) is 16.2. The number of piperazine rings is 1. The molecule has 1 unspecified atom stereocenters. The van der Waals surface area contributed by atoms with Gasteiger partial charge in [-0.3, -0.25) is 9.69 Å². The van der Waals surface area contributed by atoms with Crippen molar-refractivity contribution in [2.45, 2.75) is 29.4 Å². The van der Waals surface area contributed by atoms with E-state index in [-0.39, 0.29) is 17.6 Å². The first kappa shape index (κ1) is 24.8. The molecule has 7 nitrogen and oxygen atoms in total. The zero-order valence-corrected chi connectivity index (χ0v) is 20.0. The highest BCUT2D eigenvalue weighted by Gasteiger charge is 2.33. The maximum atomic E-state index is 13.0. The quantitative estimate of drug-likeness (QED) is 0.538. The third-order valence-electron chi connectivity index (χ3n) is 6.09. The van der Waals surface area contributed by atoms with Crippen LogP contribution in [0.15, 0.2) is 34.0 Å². The third kappa shape index (κ3) is 6.02. The van der Waals surface area contributed by atoms with Gasteiger partial charge in [-0.2, -0.15) is 13.2 Å². The van der Waals surface area contributed by atoms with Crippen LogP contribution in [-0.2, 0) is 11.0 Å². The maximum absolute atomic E-state index is 13.0. The molecule has 2 fully saturated rings. The number of benzene rings is 1. The Bertz CT molecular complexity index is 1020. The predicted molar refractivity (Wildman–Crippen MR) is 125 cm³/mol. The molecule has 0 saturated carbocycles. The van der Waals surface area contributed by atoms with Crippen molar-refractivity contribution in [1.29, 1.82) is 0 Å². The average Bonchev–Trinajstić information content (AvgIpc) is 3.42. The van der Waals surface area contributed by atoms with Gasteiger partial charge in [0.2, 0.25) is 5.91 Å². The van der Waals surface area contributed by atoms with Crippen LogP contribution in [0.2, 0.25) is 0 Å². The molecule has 2 aromatic rings. The van der Waals surface area contributed by atoms with Gasteiger partial charge in [0.05, 0.1) is 5.56 Å². The number of carboxylic acids is 1. The van der Waals surface area contributed by atoms with Gasteiger partial charge in [0, 0.05) is 68.6 Å². The van der Waals surface area contributed by atoms with E-state index in [2.05, 4.69) is 9.88 Å². The molecule has 1 atom stereocenters. The molecule has 12 heteroatoms. The summed E-state index contributed by atoms with van der Waals surface area (Å²) in [6, 6.07) is 5.55. The van der Waals surface area contributed by atoms with E-state index in [1.807, 2.05) is 9.80 Å². The van der Waals surface area contributed by atoms with Crippen LogP contribution in [0.5, 0.6) is 0 Å². The van der Waals surface area contributed by atoms with Crippen LogP contribution < -0.4 is 4.90 Å². The molecular weight excluding hydrogens is 489 g/mol. The van der Waals surface area contributed by atoms with Crippen molar-refractivity contribution < 1.29 is 27.9 Å². The topological polar surface area (TPSA) is 77.0 Å². The number of amides is 1. The van der Waals surface area contributed by atoms with Crippen LogP contribution in [0.3, 0.4) is 0 Å². The van der Waals surface area contributed by atoms with Crippen LogP contribution in [0.4, 0.5) is 18.9 Å². The lowest BCUT2D eigenvalue weighted by molar-refractivity contribution is -0.137. The lowest BCUT2D eigenvalue weighted by Gasteiger charge is -2.38. The van der Waals surface area contributed by atoms with Crippen molar-refractivity contribution in [3.05, 3.63) is 40.9 Å². The molecular formula is C22H25F3N4O3S2. The van der Waals surface area contributed by atoms with Crippen molar-refractivity contribution in [3.8, 4) is 0 Å². The molecule has 2 saturated heterocycles. The summed E-state index contributed by atoms with van der Waals surface area (Å²) in [5.74, 6) is -0.289. The van der Waals surface area contributed by atoms with Crippen LogP contribution in [0.1, 0.15) is 28.9 Å². The van der Waals surface area contributed by atoms with Gasteiger partial charge < -0.3 is 14.9 Å². The first-order valence-electron chi connectivity index (χ1n) is 11.0. The summed E-state index contributed by atoms with van der Waals surface area (Å²) >= 11 is 2.73. The fourth-order valence-corrected chi connectivity index (χ4v) is 6.12. The normalized spacial score (nSPS) is 19.7. The predicted octanol–water partition coefficient (Wildman–Crippen LogP) is 3.77. The number of alkyl halides is 3. The molecule has 1 aromatic heterocycles. The summed E-state index contributed by atoms with van der Waals surface area (Å²) in [6.45, 7) is 4.02. The molecule has 2 aliphatic rings. The standard InChI is InChI=1S/C22H25F3N4O3S2/c23-22(24,25)15-2-1-3-16(12-15)28-8-6-27(7-9-28)13-17-4-5-19(30)29(17)10-11-33-21-26-18(14-34-21)20(31)32/h1-3,12,14,17H,4-11,13H2,(H,31,32). The monoisotopic (exact) mass is 514 g/mol. The number of carbonyl (C=O) groups excluding carboxylic acids is 1. The molecule has 1 aromatic carbocycles. The second kappa shape index (κ2) is 10.5. The maximum Gasteiger partial charge on any atom is 0.416 e. The van der Waals surface area contributed by atoms with Gasteiger partial charge >= 0.3 is 12.1 Å². The Balaban J connectivity index is 1.26. The van der Waals surface area contributed by atoms with Crippen molar-refractivity contribution >= 4 is 40.7 Å². The van der Waals surface area contributed by atoms with Crippen molar-refractivity contribution in [1.82, 2.24) is 14.8 Å². The minimum atomic E-state index is -4.35. The summed E-state index contributed by atoms with van der Waals surface area (Å²) in [4.78, 5) is 33.6. The molecule has 0 spiro atoms. The smallest absolute Gasteiger partial charge is 0.416 e. The first-order valence-corrected chi connectivity index (χ1v) is 12.8. The number of hydrogen-bond acceptors (Lipinski definition) is 7. The van der Waals surface area contributed by atoms with E-state index in [9.17, 15) is 22.8 Å². The number of halogens is 3. The summed E-state index contributed by atoms with van der Waals surface area (Å²) in [7, 11) is 0. The summed E-state index contributed by atoms with van der Waals surface area (Å²) in [5.41, 5.74) is -0.0216. The molecule has 2 aliphatic heterocycles. The molecule has 1 N–H and O–H groups in total. The Morgan fingerprint density at radius 1 is 1.24 bits per heavy atom. The van der Waals surface area contributed by atoms with Crippen LogP contribution in [0, 0.1) is 0 Å². The molecule has 184 valence electrons. The van der Waals surface area contributed by atoms with Crippen molar-refractivity contribution in [3.63, 3.8) is 0 Å². The Morgan fingerprint density at radius 3 is 2.68 bits per heavy atom. The molecule has 0 radical (unpaired) electrons. The van der Waals surface area contributed by atoms with Gasteiger partial charge in [0.15, 0.2) is 10.0 Å². The highest BCUT2D eigenvalue weighted by Crippen LogP contribution is 2.32. The molecule has 0 aliphatic carbocycles. The number of thiazole rings is 1. The van der Waals surface area contributed by atoms with Crippen molar-refractivity contribution in [2.24, 2.45) is 0 Å². The highest BCUT2D eigenvalue weighted by molar-refractivity contribution is 8.01. The number of aromatic carboxylic acids is 1. The molecule has 0 bridgehead atoms. The lowest BCUT2D eigenvalue weighted by atomic mass is 10.1. The Hall–Kier alpha value is -2.31. The average molecular weight is 515 g/mol. The minimum absolute atomic E-state index is 0.0342. The number of thioether (sulfide) groups is 1. The largest absolute Gasteiger partial charge is 0.476 e. The van der Waals surface area contributed by atoms with Gasteiger partial charge in [-0.05, 0) is 24.6 Å². The van der Waals surface area contributed by atoms with Crippen LogP contribution in [0.25, 0.3) is 0 Å². The van der Waals surface area contributed by atoms with Crippen LogP contribution in [-0.4, -0.2) is 82.8 Å². The van der Waals surface area contributed by atoms with Crippen LogP contribution >= 0.6 is 23.1 Å². The van der Waals surface area contributed by atoms with E-state index < -0.39 is 17.7 Å². The fraction of sp³-hybridized carbons (Fsp3) is 0.500. The SMILES string of the molecule is O=C(O)c1csc(SCCN2C(=O)CCC2CN2CCN(c3cccc(C(F)(F)F)c3)CC2)n1. The number of carboxylic acid groups (broad SMARTS) is 1. The van der Waals surface area contributed by atoms with Gasteiger partial charge in [-0.25, -0.2) is 9.78 Å². The zero-order chi connectivity index (χ0) is 24.3. The Kier molecular flexibility index (Phi) is 7.68. The van der Waals surface area contributed by atoms with E-state index in [1.165, 1.54) is 40.6 Å². The van der Waals surface area contributed by atoms with Gasteiger partial charge in [0.1, 0.15) is 0 Å². The van der Waals surface area contributed by atoms with E-state index in [4.69, 9.17) is 5.11 Å². The summed E-state index contributed by atoms with van der Waals surface area (Å²) in [5, 5.41) is 10.5. The highest BCUT2D eigenvalue weighted by atomic mass is 32.2. The zero-order valence-electron chi connectivity index (χ0n) is 18.3. The number of anilines is 1. The molecule has 34 heavy (non-hydrogen) atoms. The number of rotatable bonds is 8. The Morgan fingerprint density at radius 2 is 2.00 bits per heavy atom. The van der Waals surface area contributed by atoms with Gasteiger partial charge in [-0.15, -0.1) is 11.3 Å². The number of nitrogens with zero attached hydrogens (tertiary/aromatic N) is 4. The lowest BCUT2D eigenvalue weighted by Crippen LogP contribution is -2.51. The van der Waals surface area contributed by atoms with Gasteiger partial charge in [-0.1, -0.05) is 17.8 Å². The van der Waals surface area contributed by atoms with E-state index >= 15 is 0 Å². The molecule has 3 heterocycles. The number of carbonyl (C=O) groups is 2. The Labute approximate surface area is 203 Å². The summed E-state index contributed by atoms with van der Waals surface area (Å²) in [6.07, 6.45) is -3.05. The number of likely N-dealkylation sites (tertiary alicyclic amines) is 1. The third-order valence-corrected chi connectivity index (χ3v) is 8.09. The second-order valence-electron chi connectivity index (χ2n) is 8.27. The second-order valence-corrected chi connectivity index (χ2v) is 10.5. The van der Waals surface area contributed by atoms with E-state index in [0.29, 0.717) is 41.8 Å². The minimum Gasteiger partial charge on any atom is -0.476 e. The van der Waals surface area contributed by atoms with Crippen molar-refractivity contribution in [2.75, 3.05) is 49.9 Å². The molecule has 4 rings (SSSR count). The summed E-state index contributed by atoms with van der Waals surface area (Å²) < 4.78 is 39.7.